The van der Waals surface area contributed by atoms with Crippen LogP contribution in [0.15, 0.2) is 35.5 Å². The molecule has 5 rings (SSSR count). The molecule has 3 aromatic rings. The van der Waals surface area contributed by atoms with E-state index in [1.54, 1.807) is 9.29 Å². The molecule has 3 N–H and O–H groups in total. The van der Waals surface area contributed by atoms with E-state index in [4.69, 9.17) is 5.73 Å². The molecule has 0 saturated heterocycles. The molecule has 8 nitrogen and oxygen atoms in total. The first-order chi connectivity index (χ1) is 16.8. The van der Waals surface area contributed by atoms with Gasteiger partial charge in [0.15, 0.2) is 0 Å². The van der Waals surface area contributed by atoms with Crippen LogP contribution in [0, 0.1) is 0 Å². The zero-order valence-electron chi connectivity index (χ0n) is 18.5. The van der Waals surface area contributed by atoms with Gasteiger partial charge in [-0.2, -0.15) is 17.9 Å². The van der Waals surface area contributed by atoms with Gasteiger partial charge in [0.1, 0.15) is 16.1 Å². The van der Waals surface area contributed by atoms with Gasteiger partial charge < -0.3 is 10.3 Å². The Morgan fingerprint density at radius 2 is 1.86 bits per heavy atom. The number of aromatic nitrogens is 3. The Kier molecular flexibility index (Phi) is 5.59. The van der Waals surface area contributed by atoms with Crippen LogP contribution in [0.4, 0.5) is 22.0 Å². The first-order valence-electron chi connectivity index (χ1n) is 11.0. The maximum Gasteiger partial charge on any atom is 0.407 e. The number of hydrogen-bond acceptors (Lipinski definition) is 5. The fraction of sp³-hybridized carbons (Fsp3) is 0.409. The van der Waals surface area contributed by atoms with Gasteiger partial charge in [0.2, 0.25) is 10.0 Å². The third-order valence-corrected chi connectivity index (χ3v) is 8.23. The van der Waals surface area contributed by atoms with E-state index >= 15 is 0 Å². The highest BCUT2D eigenvalue weighted by Gasteiger charge is 2.65. The van der Waals surface area contributed by atoms with Crippen molar-refractivity contribution in [2.75, 3.05) is 0 Å². The number of alkyl halides is 5. The summed E-state index contributed by atoms with van der Waals surface area (Å²) in [5.41, 5.74) is 3.18. The van der Waals surface area contributed by atoms with Crippen molar-refractivity contribution in [1.82, 2.24) is 19.3 Å². The average molecular weight is 529 g/mol. The van der Waals surface area contributed by atoms with Crippen molar-refractivity contribution >= 4 is 27.0 Å². The first kappa shape index (κ1) is 24.6. The zero-order valence-corrected chi connectivity index (χ0v) is 19.3. The lowest BCUT2D eigenvalue weighted by atomic mass is 9.92. The van der Waals surface area contributed by atoms with Gasteiger partial charge in [-0.25, -0.2) is 22.2 Å². The number of halogens is 5. The molecule has 0 unspecified atom stereocenters. The smallest absolute Gasteiger partial charge is 0.366 e. The zero-order chi connectivity index (χ0) is 26.0. The number of nitrogens with two attached hydrogens (primary N) is 1. The van der Waals surface area contributed by atoms with Gasteiger partial charge in [0.25, 0.3) is 12.3 Å². The Morgan fingerprint density at radius 1 is 1.17 bits per heavy atom. The van der Waals surface area contributed by atoms with Crippen LogP contribution in [0.25, 0.3) is 22.4 Å². The number of amides is 1. The third kappa shape index (κ3) is 3.92. The number of carbonyl (C=O) groups is 1. The number of primary amides is 1. The van der Waals surface area contributed by atoms with Gasteiger partial charge >= 0.3 is 6.18 Å². The number of sulfonamides is 1. The average Bonchev–Trinajstić information content (AvgIpc) is 3.47. The second-order valence-corrected chi connectivity index (χ2v) is 10.7. The molecular weight excluding hydrogens is 509 g/mol. The second kappa shape index (κ2) is 8.20. The Balaban J connectivity index is 1.61. The molecule has 14 heteroatoms. The van der Waals surface area contributed by atoms with E-state index < -0.39 is 44.5 Å². The van der Waals surface area contributed by atoms with Crippen LogP contribution in [0.5, 0.6) is 0 Å². The van der Waals surface area contributed by atoms with Crippen molar-refractivity contribution < 1.29 is 35.2 Å². The number of nitrogens with zero attached hydrogens (tertiary/aromatic N) is 3. The molecule has 192 valence electrons. The number of carbonyl (C=O) groups excluding carboxylic acids is 1. The number of pyridine rings is 2. The van der Waals surface area contributed by atoms with E-state index in [9.17, 15) is 35.2 Å². The largest absolute Gasteiger partial charge is 0.407 e. The maximum atomic E-state index is 13.3. The van der Waals surface area contributed by atoms with Gasteiger partial charge in [-0.1, -0.05) is 0 Å². The molecule has 0 radical (unpaired) electrons. The van der Waals surface area contributed by atoms with Gasteiger partial charge in [0, 0.05) is 29.4 Å². The molecule has 0 spiro atoms. The highest BCUT2D eigenvalue weighted by atomic mass is 32.2. The fourth-order valence-corrected chi connectivity index (χ4v) is 5.78. The number of fused-ring (bicyclic) bond motifs is 1. The SMILES string of the molecule is NC(=O)c1c(-c2ccc(S(=O)(=O)NC3(C(F)(F)F)CC3)cn2)n(C2CCC2)c2ncc(C(F)F)cc12. The van der Waals surface area contributed by atoms with Crippen molar-refractivity contribution in [1.29, 1.82) is 0 Å². The van der Waals surface area contributed by atoms with Gasteiger partial charge in [0.05, 0.1) is 17.0 Å². The molecule has 1 amide bonds. The monoisotopic (exact) mass is 529 g/mol. The van der Waals surface area contributed by atoms with Gasteiger partial charge in [-0.3, -0.25) is 9.78 Å². The molecule has 0 aliphatic heterocycles. The Labute approximate surface area is 201 Å². The van der Waals surface area contributed by atoms with E-state index in [0.29, 0.717) is 0 Å². The van der Waals surface area contributed by atoms with Crippen LogP contribution in [0.3, 0.4) is 0 Å². The van der Waals surface area contributed by atoms with Gasteiger partial charge in [-0.05, 0) is 50.3 Å². The summed E-state index contributed by atoms with van der Waals surface area (Å²) in [6, 6.07) is 3.34. The number of nitrogens with one attached hydrogen (secondary N) is 1. The highest BCUT2D eigenvalue weighted by Crippen LogP contribution is 2.50. The Hall–Kier alpha value is -3.13. The summed E-state index contributed by atoms with van der Waals surface area (Å²) in [6.07, 6.45) is -4.06. The van der Waals surface area contributed by atoms with Crippen molar-refractivity contribution in [3.8, 4) is 11.4 Å². The fourth-order valence-electron chi connectivity index (χ4n) is 4.39. The van der Waals surface area contributed by atoms with Gasteiger partial charge in [-0.15, -0.1) is 0 Å². The first-order valence-corrected chi connectivity index (χ1v) is 12.5. The van der Waals surface area contributed by atoms with Crippen LogP contribution < -0.4 is 10.5 Å². The minimum atomic E-state index is -4.74. The normalized spacial score (nSPS) is 17.9. The van der Waals surface area contributed by atoms with Crippen LogP contribution in [0.2, 0.25) is 0 Å². The molecule has 0 atom stereocenters. The lowest BCUT2D eigenvalue weighted by Gasteiger charge is -2.29. The van der Waals surface area contributed by atoms with Crippen molar-refractivity contribution in [3.63, 3.8) is 0 Å². The van der Waals surface area contributed by atoms with E-state index in [1.807, 2.05) is 0 Å². The topological polar surface area (TPSA) is 120 Å². The van der Waals surface area contributed by atoms with Crippen molar-refractivity contribution in [3.05, 3.63) is 41.7 Å². The molecule has 0 aromatic carbocycles. The molecule has 3 heterocycles. The molecular formula is C22H20F5N5O3S. The predicted molar refractivity (Wildman–Crippen MR) is 118 cm³/mol. The standard InChI is InChI=1S/C22H20F5N5O3S/c23-18(24)11-8-14-16(19(28)33)17(32(12-2-1-3-12)20(14)30-9-11)15-5-4-13(10-29-15)36(34,35)31-21(6-7-21)22(25,26)27/h4-5,8-10,12,18,31H,1-3,6-7H2,(H2,28,33). The Morgan fingerprint density at radius 3 is 2.33 bits per heavy atom. The quantitative estimate of drug-likeness (QED) is 0.444. The van der Waals surface area contributed by atoms with Crippen molar-refractivity contribution in [2.24, 2.45) is 5.73 Å². The molecule has 2 aliphatic carbocycles. The summed E-state index contributed by atoms with van der Waals surface area (Å²) in [5, 5.41) is 0.114. The molecule has 2 saturated carbocycles. The summed E-state index contributed by atoms with van der Waals surface area (Å²) in [5.74, 6) is -0.915. The van der Waals surface area contributed by atoms with Crippen LogP contribution in [-0.4, -0.2) is 40.6 Å². The Bertz CT molecular complexity index is 1460. The number of hydrogen-bond donors (Lipinski definition) is 2. The summed E-state index contributed by atoms with van der Waals surface area (Å²) in [4.78, 5) is 20.3. The van der Waals surface area contributed by atoms with Crippen molar-refractivity contribution in [2.45, 2.75) is 61.2 Å². The summed E-state index contributed by atoms with van der Waals surface area (Å²) in [7, 11) is -4.55. The molecule has 2 aliphatic rings. The number of rotatable bonds is 7. The van der Waals surface area contributed by atoms with Crippen LogP contribution in [-0.2, 0) is 10.0 Å². The molecule has 0 bridgehead atoms. The van der Waals surface area contributed by atoms with E-state index in [-0.39, 0.29) is 46.9 Å². The summed E-state index contributed by atoms with van der Waals surface area (Å²) in [6.45, 7) is 0. The summed E-state index contributed by atoms with van der Waals surface area (Å²) >= 11 is 0. The lowest BCUT2D eigenvalue weighted by molar-refractivity contribution is -0.160. The van der Waals surface area contributed by atoms with E-state index in [2.05, 4.69) is 9.97 Å². The molecule has 2 fully saturated rings. The minimum Gasteiger partial charge on any atom is -0.366 e. The second-order valence-electron chi connectivity index (χ2n) is 9.05. The minimum absolute atomic E-state index is 0.0952. The highest BCUT2D eigenvalue weighted by molar-refractivity contribution is 7.89. The van der Waals surface area contributed by atoms with Crippen LogP contribution >= 0.6 is 0 Å². The lowest BCUT2D eigenvalue weighted by Crippen LogP contribution is -2.47. The maximum absolute atomic E-state index is 13.3. The molecule has 3 aromatic heterocycles. The predicted octanol–water partition coefficient (Wildman–Crippen LogP) is 4.23. The summed E-state index contributed by atoms with van der Waals surface area (Å²) < 4.78 is 95.1. The van der Waals surface area contributed by atoms with E-state index in [0.717, 1.165) is 43.8 Å². The molecule has 36 heavy (non-hydrogen) atoms. The van der Waals surface area contributed by atoms with E-state index in [1.165, 1.54) is 6.07 Å². The third-order valence-electron chi connectivity index (χ3n) is 6.71. The van der Waals surface area contributed by atoms with Crippen LogP contribution in [0.1, 0.15) is 60.5 Å².